The van der Waals surface area contributed by atoms with Gasteiger partial charge in [0.2, 0.25) is 0 Å². The van der Waals surface area contributed by atoms with Crippen molar-refractivity contribution in [3.05, 3.63) is 18.1 Å². The van der Waals surface area contributed by atoms with Crippen LogP contribution in [0.1, 0.15) is 24.3 Å². The zero-order valence-corrected chi connectivity index (χ0v) is 10.8. The number of nitrogens with one attached hydrogen (secondary N) is 1. The number of anilines is 1. The Bertz CT molecular complexity index is 454. The molecule has 0 fully saturated rings. The van der Waals surface area contributed by atoms with Gasteiger partial charge in [0.1, 0.15) is 11.5 Å². The van der Waals surface area contributed by atoms with E-state index in [1.54, 1.807) is 25.1 Å². The number of carbonyl (C=O) groups is 1. The minimum Gasteiger partial charge on any atom is -0.372 e. The van der Waals surface area contributed by atoms with Gasteiger partial charge in [-0.05, 0) is 13.8 Å². The number of aromatic nitrogens is 2. The van der Waals surface area contributed by atoms with Gasteiger partial charge in [0.15, 0.2) is 0 Å². The summed E-state index contributed by atoms with van der Waals surface area (Å²) in [5, 5.41) is 11.6. The molecule has 6 nitrogen and oxygen atoms in total. The van der Waals surface area contributed by atoms with Gasteiger partial charge in [0.25, 0.3) is 5.91 Å². The van der Waals surface area contributed by atoms with Gasteiger partial charge in [-0.2, -0.15) is 5.26 Å². The summed E-state index contributed by atoms with van der Waals surface area (Å²) in [4.78, 5) is 21.9. The van der Waals surface area contributed by atoms with Crippen molar-refractivity contribution in [1.29, 1.82) is 5.26 Å². The molecule has 1 rings (SSSR count). The third-order valence-electron chi connectivity index (χ3n) is 2.49. The van der Waals surface area contributed by atoms with E-state index >= 15 is 0 Å². The first-order valence-corrected chi connectivity index (χ1v) is 5.81. The fraction of sp³-hybridized carbons (Fsp3) is 0.500. The molecule has 1 heterocycles. The lowest BCUT2D eigenvalue weighted by Crippen LogP contribution is -2.35. The molecule has 1 unspecified atom stereocenters. The lowest BCUT2D eigenvalue weighted by Gasteiger charge is -2.21. The van der Waals surface area contributed by atoms with E-state index in [4.69, 9.17) is 5.26 Å². The maximum absolute atomic E-state index is 12.2. The van der Waals surface area contributed by atoms with Gasteiger partial charge in [0.05, 0.1) is 24.4 Å². The van der Waals surface area contributed by atoms with Crippen molar-refractivity contribution >= 4 is 11.7 Å². The highest BCUT2D eigenvalue weighted by atomic mass is 16.2. The van der Waals surface area contributed by atoms with Gasteiger partial charge in [-0.1, -0.05) is 0 Å². The summed E-state index contributed by atoms with van der Waals surface area (Å²) < 4.78 is 0. The normalized spacial score (nSPS) is 11.4. The van der Waals surface area contributed by atoms with E-state index in [0.717, 1.165) is 0 Å². The first-order chi connectivity index (χ1) is 8.62. The molecule has 0 aliphatic rings. The van der Waals surface area contributed by atoms with E-state index in [1.807, 2.05) is 6.92 Å². The van der Waals surface area contributed by atoms with Crippen molar-refractivity contribution < 1.29 is 4.79 Å². The van der Waals surface area contributed by atoms with Crippen LogP contribution in [0.3, 0.4) is 0 Å². The second-order valence-electron chi connectivity index (χ2n) is 3.91. The minimum atomic E-state index is -0.204. The van der Waals surface area contributed by atoms with E-state index in [2.05, 4.69) is 21.4 Å². The highest BCUT2D eigenvalue weighted by Crippen LogP contribution is 2.07. The Labute approximate surface area is 107 Å². The standard InChI is InChI=1S/C12H17N5O/c1-4-17(8-9(2)5-13)12(18)10-6-15-7-11(14-3)16-10/h6-7,9H,4,8H2,1-3H3,(H,14,16). The number of hydrogen-bond acceptors (Lipinski definition) is 5. The molecular weight excluding hydrogens is 230 g/mol. The Hall–Kier alpha value is -2.16. The minimum absolute atomic E-state index is 0.200. The largest absolute Gasteiger partial charge is 0.372 e. The van der Waals surface area contributed by atoms with Crippen LogP contribution in [0, 0.1) is 17.2 Å². The van der Waals surface area contributed by atoms with Gasteiger partial charge in [0, 0.05) is 20.1 Å². The van der Waals surface area contributed by atoms with Gasteiger partial charge >= 0.3 is 0 Å². The van der Waals surface area contributed by atoms with Crippen molar-refractivity contribution in [2.45, 2.75) is 13.8 Å². The number of nitrogens with zero attached hydrogens (tertiary/aromatic N) is 4. The number of rotatable bonds is 5. The molecule has 0 aliphatic carbocycles. The van der Waals surface area contributed by atoms with Gasteiger partial charge in [-0.25, -0.2) is 4.98 Å². The number of amides is 1. The highest BCUT2D eigenvalue weighted by Gasteiger charge is 2.18. The zero-order chi connectivity index (χ0) is 13.5. The van der Waals surface area contributed by atoms with E-state index in [9.17, 15) is 4.79 Å². The number of nitriles is 1. The van der Waals surface area contributed by atoms with Crippen LogP contribution in [0.4, 0.5) is 5.82 Å². The second kappa shape index (κ2) is 6.55. The Morgan fingerprint density at radius 3 is 2.89 bits per heavy atom. The Morgan fingerprint density at radius 2 is 2.33 bits per heavy atom. The average molecular weight is 247 g/mol. The first kappa shape index (κ1) is 13.9. The fourth-order valence-corrected chi connectivity index (χ4v) is 1.48. The summed E-state index contributed by atoms with van der Waals surface area (Å²) in [7, 11) is 1.72. The van der Waals surface area contributed by atoms with Crippen LogP contribution >= 0.6 is 0 Å². The van der Waals surface area contributed by atoms with Crippen molar-refractivity contribution in [2.75, 3.05) is 25.5 Å². The monoisotopic (exact) mass is 247 g/mol. The van der Waals surface area contributed by atoms with Crippen LogP contribution in [-0.4, -0.2) is 40.9 Å². The van der Waals surface area contributed by atoms with Crippen LogP contribution in [0.15, 0.2) is 12.4 Å². The summed E-state index contributed by atoms with van der Waals surface area (Å²) in [5.74, 6) is 0.142. The van der Waals surface area contributed by atoms with Crippen LogP contribution in [0.25, 0.3) is 0 Å². The maximum Gasteiger partial charge on any atom is 0.274 e. The molecule has 1 amide bonds. The molecule has 1 N–H and O–H groups in total. The van der Waals surface area contributed by atoms with E-state index in [1.165, 1.54) is 6.20 Å². The average Bonchev–Trinajstić information content (AvgIpc) is 2.43. The third-order valence-corrected chi connectivity index (χ3v) is 2.49. The molecule has 6 heteroatoms. The molecule has 0 aliphatic heterocycles. The molecule has 96 valence electrons. The maximum atomic E-state index is 12.2. The molecule has 1 atom stereocenters. The van der Waals surface area contributed by atoms with Crippen molar-refractivity contribution in [2.24, 2.45) is 5.92 Å². The summed E-state index contributed by atoms with van der Waals surface area (Å²) in [6.07, 6.45) is 2.98. The van der Waals surface area contributed by atoms with Crippen molar-refractivity contribution in [1.82, 2.24) is 14.9 Å². The molecule has 1 aromatic heterocycles. The first-order valence-electron chi connectivity index (χ1n) is 5.81. The SMILES string of the molecule is CCN(CC(C)C#N)C(=O)c1cncc(NC)n1. The quantitative estimate of drug-likeness (QED) is 0.843. The van der Waals surface area contributed by atoms with Crippen LogP contribution in [0.2, 0.25) is 0 Å². The van der Waals surface area contributed by atoms with E-state index in [0.29, 0.717) is 18.9 Å². The smallest absolute Gasteiger partial charge is 0.274 e. The van der Waals surface area contributed by atoms with Gasteiger partial charge in [-0.15, -0.1) is 0 Å². The second-order valence-corrected chi connectivity index (χ2v) is 3.91. The Balaban J connectivity index is 2.86. The van der Waals surface area contributed by atoms with Gasteiger partial charge in [-0.3, -0.25) is 9.78 Å². The van der Waals surface area contributed by atoms with Crippen LogP contribution in [-0.2, 0) is 0 Å². The van der Waals surface area contributed by atoms with Crippen molar-refractivity contribution in [3.8, 4) is 6.07 Å². The molecular formula is C12H17N5O. The van der Waals surface area contributed by atoms with E-state index in [-0.39, 0.29) is 17.5 Å². The molecule has 0 saturated carbocycles. The lowest BCUT2D eigenvalue weighted by atomic mass is 10.2. The predicted molar refractivity (Wildman–Crippen MR) is 67.9 cm³/mol. The Kier molecular flexibility index (Phi) is 5.06. The molecule has 0 spiro atoms. The predicted octanol–water partition coefficient (Wildman–Crippen LogP) is 1.14. The van der Waals surface area contributed by atoms with Crippen LogP contribution < -0.4 is 5.32 Å². The highest BCUT2D eigenvalue weighted by molar-refractivity contribution is 5.92. The van der Waals surface area contributed by atoms with Gasteiger partial charge < -0.3 is 10.2 Å². The molecule has 0 aromatic carbocycles. The third kappa shape index (κ3) is 3.42. The number of carbonyl (C=O) groups excluding carboxylic acids is 1. The fourth-order valence-electron chi connectivity index (χ4n) is 1.48. The molecule has 0 saturated heterocycles. The summed E-state index contributed by atoms with van der Waals surface area (Å²) in [6.45, 7) is 4.59. The molecule has 18 heavy (non-hydrogen) atoms. The topological polar surface area (TPSA) is 81.9 Å². The summed E-state index contributed by atoms with van der Waals surface area (Å²) in [6, 6.07) is 2.12. The molecule has 1 aromatic rings. The van der Waals surface area contributed by atoms with Crippen LogP contribution in [0.5, 0.6) is 0 Å². The van der Waals surface area contributed by atoms with E-state index < -0.39 is 0 Å². The lowest BCUT2D eigenvalue weighted by molar-refractivity contribution is 0.0746. The molecule has 0 bridgehead atoms. The molecule has 0 radical (unpaired) electrons. The zero-order valence-electron chi connectivity index (χ0n) is 10.8. The number of hydrogen-bond donors (Lipinski definition) is 1. The summed E-state index contributed by atoms with van der Waals surface area (Å²) in [5.41, 5.74) is 0.286. The van der Waals surface area contributed by atoms with Crippen molar-refractivity contribution in [3.63, 3.8) is 0 Å². The Morgan fingerprint density at radius 1 is 1.61 bits per heavy atom. The summed E-state index contributed by atoms with van der Waals surface area (Å²) >= 11 is 0.